The summed E-state index contributed by atoms with van der Waals surface area (Å²) in [4.78, 5) is 33.9. The molecule has 1 aliphatic carbocycles. The van der Waals surface area contributed by atoms with Gasteiger partial charge >= 0.3 is 11.9 Å². The number of rotatable bonds is 7. The lowest BCUT2D eigenvalue weighted by Gasteiger charge is -2.16. The van der Waals surface area contributed by atoms with Gasteiger partial charge in [0.05, 0.1) is 7.11 Å². The molecule has 0 aromatic rings. The molecule has 1 unspecified atom stereocenters. The van der Waals surface area contributed by atoms with Gasteiger partial charge in [-0.3, -0.25) is 9.59 Å². The number of allylic oxidation sites excluding steroid dienone is 1. The van der Waals surface area contributed by atoms with Crippen molar-refractivity contribution in [3.05, 3.63) is 11.6 Å². The fraction of sp³-hybridized carbons (Fsp3) is 0.643. The highest BCUT2D eigenvalue weighted by atomic mass is 16.5. The number of hydrogen-bond acceptors (Lipinski definition) is 4. The van der Waals surface area contributed by atoms with Gasteiger partial charge in [-0.25, -0.2) is 4.79 Å². The molecule has 1 rings (SSSR count). The average molecular weight is 283 g/mol. The molecule has 0 aliphatic heterocycles. The van der Waals surface area contributed by atoms with Gasteiger partial charge in [0.1, 0.15) is 6.04 Å². The van der Waals surface area contributed by atoms with Gasteiger partial charge in [0.2, 0.25) is 5.91 Å². The number of ether oxygens (including phenoxy) is 1. The van der Waals surface area contributed by atoms with Crippen molar-refractivity contribution in [2.45, 2.75) is 51.0 Å². The second-order valence-corrected chi connectivity index (χ2v) is 4.86. The van der Waals surface area contributed by atoms with Crippen LogP contribution in [0.3, 0.4) is 0 Å². The van der Waals surface area contributed by atoms with E-state index in [1.54, 1.807) is 0 Å². The van der Waals surface area contributed by atoms with E-state index in [4.69, 9.17) is 5.11 Å². The molecule has 0 heterocycles. The standard InChI is InChI=1S/C14H21NO5/c1-20-13(17)8-7-11(14(18)19)15-12(16)9-10-5-3-2-4-6-10/h5,11H,2-4,6-9H2,1H3,(H,15,16)(H,18,19). The molecule has 6 heteroatoms. The Hall–Kier alpha value is -1.85. The summed E-state index contributed by atoms with van der Waals surface area (Å²) in [5.41, 5.74) is 1.06. The van der Waals surface area contributed by atoms with Crippen LogP contribution in [0.2, 0.25) is 0 Å². The number of carbonyl (C=O) groups excluding carboxylic acids is 2. The maximum Gasteiger partial charge on any atom is 0.326 e. The van der Waals surface area contributed by atoms with E-state index in [1.807, 2.05) is 6.08 Å². The van der Waals surface area contributed by atoms with Gasteiger partial charge in [0, 0.05) is 12.8 Å². The molecule has 0 aromatic heterocycles. The first kappa shape index (κ1) is 16.2. The summed E-state index contributed by atoms with van der Waals surface area (Å²) in [5.74, 6) is -1.93. The zero-order valence-electron chi connectivity index (χ0n) is 11.7. The minimum Gasteiger partial charge on any atom is -0.480 e. The molecule has 1 atom stereocenters. The quantitative estimate of drug-likeness (QED) is 0.544. The average Bonchev–Trinajstić information content (AvgIpc) is 2.43. The van der Waals surface area contributed by atoms with Gasteiger partial charge < -0.3 is 15.2 Å². The Kier molecular flexibility index (Phi) is 6.76. The fourth-order valence-corrected chi connectivity index (χ4v) is 2.14. The minimum absolute atomic E-state index is 0.0313. The van der Waals surface area contributed by atoms with Gasteiger partial charge in [-0.1, -0.05) is 11.6 Å². The van der Waals surface area contributed by atoms with Crippen molar-refractivity contribution in [1.82, 2.24) is 5.32 Å². The van der Waals surface area contributed by atoms with E-state index in [9.17, 15) is 14.4 Å². The molecular formula is C14H21NO5. The Labute approximate surface area is 118 Å². The summed E-state index contributed by atoms with van der Waals surface area (Å²) in [6.07, 6.45) is 6.38. The lowest BCUT2D eigenvalue weighted by Crippen LogP contribution is -2.41. The van der Waals surface area contributed by atoms with E-state index < -0.39 is 18.0 Å². The smallest absolute Gasteiger partial charge is 0.326 e. The minimum atomic E-state index is -1.14. The molecule has 0 bridgehead atoms. The van der Waals surface area contributed by atoms with Crippen LogP contribution >= 0.6 is 0 Å². The third-order valence-electron chi connectivity index (χ3n) is 3.27. The topological polar surface area (TPSA) is 92.7 Å². The van der Waals surface area contributed by atoms with Gasteiger partial charge in [0.15, 0.2) is 0 Å². The third-order valence-corrected chi connectivity index (χ3v) is 3.27. The van der Waals surface area contributed by atoms with Crippen LogP contribution in [0.4, 0.5) is 0 Å². The van der Waals surface area contributed by atoms with Crippen molar-refractivity contribution in [2.24, 2.45) is 0 Å². The highest BCUT2D eigenvalue weighted by Gasteiger charge is 2.21. The summed E-state index contributed by atoms with van der Waals surface area (Å²) >= 11 is 0. The second kappa shape index (κ2) is 8.35. The first-order chi connectivity index (χ1) is 9.52. The number of carboxylic acid groups (broad SMARTS) is 1. The Morgan fingerprint density at radius 3 is 2.70 bits per heavy atom. The number of hydrogen-bond donors (Lipinski definition) is 2. The molecule has 0 aromatic carbocycles. The van der Waals surface area contributed by atoms with Crippen LogP contribution in [0, 0.1) is 0 Å². The molecule has 6 nitrogen and oxygen atoms in total. The van der Waals surface area contributed by atoms with Gasteiger partial charge in [-0.15, -0.1) is 0 Å². The van der Waals surface area contributed by atoms with Crippen molar-refractivity contribution >= 4 is 17.8 Å². The zero-order valence-corrected chi connectivity index (χ0v) is 11.7. The number of esters is 1. The van der Waals surface area contributed by atoms with Crippen LogP contribution in [-0.4, -0.2) is 36.1 Å². The van der Waals surface area contributed by atoms with E-state index in [2.05, 4.69) is 10.1 Å². The first-order valence-corrected chi connectivity index (χ1v) is 6.80. The van der Waals surface area contributed by atoms with Gasteiger partial charge in [-0.2, -0.15) is 0 Å². The summed E-state index contributed by atoms with van der Waals surface area (Å²) in [7, 11) is 1.24. The van der Waals surface area contributed by atoms with Crippen LogP contribution in [0.5, 0.6) is 0 Å². The van der Waals surface area contributed by atoms with E-state index in [0.717, 1.165) is 31.3 Å². The molecule has 0 fully saturated rings. The third kappa shape index (κ3) is 5.86. The SMILES string of the molecule is COC(=O)CCC(NC(=O)CC1=CCCCC1)C(=O)O. The zero-order chi connectivity index (χ0) is 15.0. The highest BCUT2D eigenvalue weighted by molar-refractivity contribution is 5.85. The summed E-state index contributed by atoms with van der Waals surface area (Å²) in [5, 5.41) is 11.5. The Balaban J connectivity index is 2.43. The molecule has 20 heavy (non-hydrogen) atoms. The molecule has 0 saturated carbocycles. The lowest BCUT2D eigenvalue weighted by molar-refractivity contribution is -0.144. The van der Waals surface area contributed by atoms with Crippen LogP contribution in [-0.2, 0) is 19.1 Å². The molecule has 1 aliphatic rings. The maximum absolute atomic E-state index is 11.8. The lowest BCUT2D eigenvalue weighted by atomic mass is 9.97. The van der Waals surface area contributed by atoms with Crippen LogP contribution in [0.15, 0.2) is 11.6 Å². The predicted octanol–water partition coefficient (Wildman–Crippen LogP) is 1.40. The predicted molar refractivity (Wildman–Crippen MR) is 72.0 cm³/mol. The van der Waals surface area contributed by atoms with E-state index in [0.29, 0.717) is 0 Å². The summed E-state index contributed by atoms with van der Waals surface area (Å²) in [6.45, 7) is 0. The Morgan fingerprint density at radius 2 is 2.15 bits per heavy atom. The number of aliphatic carboxylic acids is 1. The van der Waals surface area contributed by atoms with Crippen molar-refractivity contribution in [1.29, 1.82) is 0 Å². The van der Waals surface area contributed by atoms with Crippen molar-refractivity contribution in [2.75, 3.05) is 7.11 Å². The molecule has 2 N–H and O–H groups in total. The number of carbonyl (C=O) groups is 3. The first-order valence-electron chi connectivity index (χ1n) is 6.80. The monoisotopic (exact) mass is 283 g/mol. The molecule has 0 radical (unpaired) electrons. The maximum atomic E-state index is 11.8. The number of carboxylic acids is 1. The second-order valence-electron chi connectivity index (χ2n) is 4.86. The molecule has 1 amide bonds. The fourth-order valence-electron chi connectivity index (χ4n) is 2.14. The largest absolute Gasteiger partial charge is 0.480 e. The van der Waals surface area contributed by atoms with Gasteiger partial charge in [-0.05, 0) is 32.1 Å². The molecule has 0 saturated heterocycles. The van der Waals surface area contributed by atoms with Crippen LogP contribution in [0.25, 0.3) is 0 Å². The molecule has 112 valence electrons. The number of nitrogens with one attached hydrogen (secondary N) is 1. The Bertz CT molecular complexity index is 402. The van der Waals surface area contributed by atoms with Crippen LogP contribution in [0.1, 0.15) is 44.9 Å². The van der Waals surface area contributed by atoms with Crippen molar-refractivity contribution < 1.29 is 24.2 Å². The number of methoxy groups -OCH3 is 1. The highest BCUT2D eigenvalue weighted by Crippen LogP contribution is 2.19. The van der Waals surface area contributed by atoms with E-state index >= 15 is 0 Å². The van der Waals surface area contributed by atoms with Crippen molar-refractivity contribution in [3.8, 4) is 0 Å². The summed E-state index contributed by atoms with van der Waals surface area (Å²) in [6, 6.07) is -1.05. The normalized spacial score (nSPS) is 15.9. The Morgan fingerprint density at radius 1 is 1.40 bits per heavy atom. The van der Waals surface area contributed by atoms with Gasteiger partial charge in [0.25, 0.3) is 0 Å². The molecule has 0 spiro atoms. The van der Waals surface area contributed by atoms with Crippen LogP contribution < -0.4 is 5.32 Å². The van der Waals surface area contributed by atoms with E-state index in [-0.39, 0.29) is 25.2 Å². The van der Waals surface area contributed by atoms with Crippen molar-refractivity contribution in [3.63, 3.8) is 0 Å². The van der Waals surface area contributed by atoms with E-state index in [1.165, 1.54) is 7.11 Å². The molecular weight excluding hydrogens is 262 g/mol. The summed E-state index contributed by atoms with van der Waals surface area (Å²) < 4.78 is 4.45. The number of amides is 1.